The minimum absolute atomic E-state index is 0.118. The van der Waals surface area contributed by atoms with Gasteiger partial charge in [-0.2, -0.15) is 0 Å². The van der Waals surface area contributed by atoms with E-state index >= 15 is 0 Å². The first kappa shape index (κ1) is 8.46. The zero-order valence-electron chi connectivity index (χ0n) is 6.49. The smallest absolute Gasteiger partial charge is 0.182 e. The summed E-state index contributed by atoms with van der Waals surface area (Å²) >= 11 is 0. The topological polar surface area (TPSA) is 60.2 Å². The Kier molecular flexibility index (Phi) is 2.58. The van der Waals surface area contributed by atoms with Gasteiger partial charge in [-0.25, -0.2) is 0 Å². The molecule has 62 valence electrons. The Labute approximate surface area is 70.2 Å². The van der Waals surface area contributed by atoms with E-state index in [-0.39, 0.29) is 11.6 Å². The van der Waals surface area contributed by atoms with E-state index in [0.717, 1.165) is 0 Å². The van der Waals surface area contributed by atoms with Gasteiger partial charge >= 0.3 is 0 Å². The predicted octanol–water partition coefficient (Wildman–Crippen LogP) is 0.483. The molecule has 3 heteroatoms. The first-order valence-corrected chi connectivity index (χ1v) is 3.57. The van der Waals surface area contributed by atoms with Crippen molar-refractivity contribution in [2.45, 2.75) is 6.42 Å². The van der Waals surface area contributed by atoms with Crippen LogP contribution in [0.15, 0.2) is 36.1 Å². The van der Waals surface area contributed by atoms with E-state index in [9.17, 15) is 9.59 Å². The maximum Gasteiger partial charge on any atom is 0.182 e. The third-order valence-electron chi connectivity index (χ3n) is 1.51. The van der Waals surface area contributed by atoms with E-state index in [2.05, 4.69) is 0 Å². The standard InChI is InChI=1S/C9H9NO2/c10-5-1-2-7-6-8(11)3-4-9(7)12/h1,3-6H,2,10H2. The summed E-state index contributed by atoms with van der Waals surface area (Å²) in [7, 11) is 0. The van der Waals surface area contributed by atoms with Crippen LogP contribution in [-0.2, 0) is 9.59 Å². The van der Waals surface area contributed by atoms with E-state index in [1.54, 1.807) is 6.08 Å². The van der Waals surface area contributed by atoms with E-state index < -0.39 is 0 Å². The van der Waals surface area contributed by atoms with E-state index in [1.165, 1.54) is 24.4 Å². The number of allylic oxidation sites excluding steroid dienone is 5. The molecule has 1 rings (SSSR count). The zero-order valence-corrected chi connectivity index (χ0v) is 6.49. The molecule has 1 aliphatic carbocycles. The summed E-state index contributed by atoms with van der Waals surface area (Å²) in [4.78, 5) is 21.9. The normalized spacial score (nSPS) is 17.2. The molecule has 12 heavy (non-hydrogen) atoms. The van der Waals surface area contributed by atoms with Crippen LogP contribution in [0, 0.1) is 0 Å². The lowest BCUT2D eigenvalue weighted by Crippen LogP contribution is -2.06. The average Bonchev–Trinajstić information content (AvgIpc) is 2.07. The highest BCUT2D eigenvalue weighted by atomic mass is 16.1. The number of carbonyl (C=O) groups is 2. The van der Waals surface area contributed by atoms with E-state index in [0.29, 0.717) is 12.0 Å². The number of ketones is 2. The number of rotatable bonds is 2. The quantitative estimate of drug-likeness (QED) is 0.602. The highest BCUT2D eigenvalue weighted by molar-refractivity contribution is 6.17. The Morgan fingerprint density at radius 2 is 2.08 bits per heavy atom. The lowest BCUT2D eigenvalue weighted by molar-refractivity contribution is -0.114. The van der Waals surface area contributed by atoms with Gasteiger partial charge in [0.15, 0.2) is 11.6 Å². The summed E-state index contributed by atoms with van der Waals surface area (Å²) in [6.07, 6.45) is 7.29. The van der Waals surface area contributed by atoms with Crippen molar-refractivity contribution < 1.29 is 9.59 Å². The SMILES string of the molecule is NC=CCC1=CC(=O)C=CC1=O. The van der Waals surface area contributed by atoms with Crippen LogP contribution in [0.2, 0.25) is 0 Å². The molecule has 0 aromatic heterocycles. The van der Waals surface area contributed by atoms with Crippen molar-refractivity contribution in [3.05, 3.63) is 36.1 Å². The highest BCUT2D eigenvalue weighted by Crippen LogP contribution is 2.09. The van der Waals surface area contributed by atoms with Crippen LogP contribution < -0.4 is 5.73 Å². The third-order valence-corrected chi connectivity index (χ3v) is 1.51. The van der Waals surface area contributed by atoms with Crippen molar-refractivity contribution in [1.82, 2.24) is 0 Å². The van der Waals surface area contributed by atoms with Crippen LogP contribution in [0.3, 0.4) is 0 Å². The lowest BCUT2D eigenvalue weighted by atomic mass is 10.0. The molecule has 0 spiro atoms. The lowest BCUT2D eigenvalue weighted by Gasteiger charge is -2.02. The Balaban J connectivity index is 2.74. The molecule has 0 saturated carbocycles. The second kappa shape index (κ2) is 3.67. The second-order valence-corrected chi connectivity index (χ2v) is 2.40. The van der Waals surface area contributed by atoms with Crippen molar-refractivity contribution in [2.75, 3.05) is 0 Å². The van der Waals surface area contributed by atoms with Gasteiger partial charge in [0.25, 0.3) is 0 Å². The summed E-state index contributed by atoms with van der Waals surface area (Å²) < 4.78 is 0. The molecule has 0 aromatic carbocycles. The van der Waals surface area contributed by atoms with Crippen molar-refractivity contribution in [3.8, 4) is 0 Å². The maximum absolute atomic E-state index is 11.1. The van der Waals surface area contributed by atoms with Gasteiger partial charge < -0.3 is 5.73 Å². The minimum atomic E-state index is -0.143. The summed E-state index contributed by atoms with van der Waals surface area (Å²) in [6.45, 7) is 0. The Hall–Kier alpha value is -1.64. The van der Waals surface area contributed by atoms with E-state index in [4.69, 9.17) is 5.73 Å². The fourth-order valence-corrected chi connectivity index (χ4v) is 0.910. The molecule has 0 unspecified atom stereocenters. The molecule has 1 aliphatic rings. The van der Waals surface area contributed by atoms with Crippen LogP contribution in [0.4, 0.5) is 0 Å². The van der Waals surface area contributed by atoms with Gasteiger partial charge in [-0.05, 0) is 30.8 Å². The maximum atomic E-state index is 11.1. The summed E-state index contributed by atoms with van der Waals surface area (Å²) in [5, 5.41) is 0. The largest absolute Gasteiger partial charge is 0.405 e. The number of carbonyl (C=O) groups excluding carboxylic acids is 2. The highest BCUT2D eigenvalue weighted by Gasteiger charge is 2.10. The summed E-state index contributed by atoms with van der Waals surface area (Å²) in [6, 6.07) is 0. The van der Waals surface area contributed by atoms with E-state index in [1.807, 2.05) is 0 Å². The van der Waals surface area contributed by atoms with Crippen molar-refractivity contribution in [3.63, 3.8) is 0 Å². The second-order valence-electron chi connectivity index (χ2n) is 2.40. The van der Waals surface area contributed by atoms with Crippen LogP contribution >= 0.6 is 0 Å². The Morgan fingerprint density at radius 1 is 1.33 bits per heavy atom. The van der Waals surface area contributed by atoms with Crippen molar-refractivity contribution >= 4 is 11.6 Å². The molecular weight excluding hydrogens is 154 g/mol. The molecule has 0 fully saturated rings. The Morgan fingerprint density at radius 3 is 2.75 bits per heavy atom. The first-order chi connectivity index (χ1) is 5.74. The minimum Gasteiger partial charge on any atom is -0.405 e. The molecule has 0 heterocycles. The average molecular weight is 163 g/mol. The van der Waals surface area contributed by atoms with Crippen molar-refractivity contribution in [2.24, 2.45) is 5.73 Å². The monoisotopic (exact) mass is 163 g/mol. The molecular formula is C9H9NO2. The van der Waals surface area contributed by atoms with Gasteiger partial charge in [0.2, 0.25) is 0 Å². The number of hydrogen-bond acceptors (Lipinski definition) is 3. The summed E-state index contributed by atoms with van der Waals surface area (Å²) in [5.74, 6) is -0.261. The molecule has 0 saturated heterocycles. The van der Waals surface area contributed by atoms with Gasteiger partial charge in [0.1, 0.15) is 0 Å². The predicted molar refractivity (Wildman–Crippen MR) is 45.2 cm³/mol. The van der Waals surface area contributed by atoms with Gasteiger partial charge in [0.05, 0.1) is 0 Å². The van der Waals surface area contributed by atoms with Crippen LogP contribution in [-0.4, -0.2) is 11.6 Å². The molecule has 3 nitrogen and oxygen atoms in total. The molecule has 0 atom stereocenters. The van der Waals surface area contributed by atoms with Crippen LogP contribution in [0.5, 0.6) is 0 Å². The van der Waals surface area contributed by atoms with Crippen LogP contribution in [0.1, 0.15) is 6.42 Å². The van der Waals surface area contributed by atoms with Gasteiger partial charge in [0, 0.05) is 5.57 Å². The van der Waals surface area contributed by atoms with Gasteiger partial charge in [-0.1, -0.05) is 6.08 Å². The molecule has 0 amide bonds. The van der Waals surface area contributed by atoms with Crippen molar-refractivity contribution in [1.29, 1.82) is 0 Å². The molecule has 2 N–H and O–H groups in total. The molecule has 0 aromatic rings. The molecule has 0 aliphatic heterocycles. The third kappa shape index (κ3) is 1.92. The zero-order chi connectivity index (χ0) is 8.97. The van der Waals surface area contributed by atoms with Crippen LogP contribution in [0.25, 0.3) is 0 Å². The number of hydrogen-bond donors (Lipinski definition) is 1. The van der Waals surface area contributed by atoms with Gasteiger partial charge in [-0.3, -0.25) is 9.59 Å². The fraction of sp³-hybridized carbons (Fsp3) is 0.111. The molecule has 0 radical (unpaired) electrons. The first-order valence-electron chi connectivity index (χ1n) is 3.57. The molecule has 0 bridgehead atoms. The summed E-state index contributed by atoms with van der Waals surface area (Å²) in [5.41, 5.74) is 5.59. The van der Waals surface area contributed by atoms with Gasteiger partial charge in [-0.15, -0.1) is 0 Å². The number of nitrogens with two attached hydrogens (primary N) is 1. The fourth-order valence-electron chi connectivity index (χ4n) is 0.910. The Bertz CT molecular complexity index is 298.